The number of urea groups is 1. The first-order chi connectivity index (χ1) is 15.9. The predicted molar refractivity (Wildman–Crippen MR) is 132 cm³/mol. The molecule has 1 N–H and O–H groups in total. The highest BCUT2D eigenvalue weighted by Gasteiger charge is 2.25. The number of piperidine rings is 1. The summed E-state index contributed by atoms with van der Waals surface area (Å²) in [4.78, 5) is 23.9. The van der Waals surface area contributed by atoms with E-state index in [0.29, 0.717) is 5.92 Å². The van der Waals surface area contributed by atoms with E-state index < -0.39 is 0 Å². The molecule has 33 heavy (non-hydrogen) atoms. The first-order valence-electron chi connectivity index (χ1n) is 12.4. The van der Waals surface area contributed by atoms with Gasteiger partial charge < -0.3 is 14.8 Å². The second-order valence-electron chi connectivity index (χ2n) is 10.7. The van der Waals surface area contributed by atoms with Crippen molar-refractivity contribution >= 4 is 16.9 Å². The van der Waals surface area contributed by atoms with Gasteiger partial charge in [0.2, 0.25) is 0 Å². The largest absolute Gasteiger partial charge is 0.347 e. The van der Waals surface area contributed by atoms with E-state index in [1.54, 1.807) is 0 Å². The lowest BCUT2D eigenvalue weighted by molar-refractivity contribution is 0.161. The fourth-order valence-electron chi connectivity index (χ4n) is 5.29. The Balaban J connectivity index is 1.23. The maximum absolute atomic E-state index is 12.4. The molecule has 6 nitrogen and oxygen atoms in total. The Hall–Kier alpha value is -2.89. The van der Waals surface area contributed by atoms with Gasteiger partial charge in [0.05, 0.1) is 11.2 Å². The second kappa shape index (κ2) is 8.81. The third-order valence-corrected chi connectivity index (χ3v) is 6.97. The highest BCUT2D eigenvalue weighted by atomic mass is 16.2. The summed E-state index contributed by atoms with van der Waals surface area (Å²) in [6, 6.07) is 8.75. The Morgan fingerprint density at radius 3 is 2.76 bits per heavy atom. The zero-order valence-electron chi connectivity index (χ0n) is 20.1. The molecule has 3 aromatic rings. The van der Waals surface area contributed by atoms with Gasteiger partial charge in [0.1, 0.15) is 5.82 Å². The van der Waals surface area contributed by atoms with E-state index >= 15 is 0 Å². The standard InChI is InChI=1S/C27H35N5O/c1-27(2,3)30-26(33)31-16-12-19(13-17-31)9-10-24-28-14-11-23(29-24)22-18-32-15-5-7-20-6-4-8-21(22)25(20)32/h4,6,8,11,14,18-19H,5,7,9-10,12-13,15-17H2,1-3H3,(H,30,33). The minimum Gasteiger partial charge on any atom is -0.347 e. The van der Waals surface area contributed by atoms with Gasteiger partial charge in [-0.1, -0.05) is 18.2 Å². The van der Waals surface area contributed by atoms with Crippen LogP contribution < -0.4 is 5.32 Å². The number of benzene rings is 1. The molecule has 0 aliphatic carbocycles. The zero-order valence-corrected chi connectivity index (χ0v) is 20.1. The number of hydrogen-bond donors (Lipinski definition) is 1. The summed E-state index contributed by atoms with van der Waals surface area (Å²) in [6.45, 7) is 8.81. The fraction of sp³-hybridized carbons (Fsp3) is 0.519. The van der Waals surface area contributed by atoms with Gasteiger partial charge in [0.15, 0.2) is 0 Å². The Kier molecular flexibility index (Phi) is 5.85. The van der Waals surface area contributed by atoms with Crippen molar-refractivity contribution in [1.82, 2.24) is 24.8 Å². The van der Waals surface area contributed by atoms with Crippen LogP contribution >= 0.6 is 0 Å². The first kappa shape index (κ1) is 21.9. The third kappa shape index (κ3) is 4.75. The Labute approximate surface area is 196 Å². The SMILES string of the molecule is CC(C)(C)NC(=O)N1CCC(CCc2nccc(-c3cn4c5c(cccc35)CCC4)n2)CC1. The van der Waals surface area contributed by atoms with Crippen molar-refractivity contribution in [3.63, 3.8) is 0 Å². The number of nitrogens with zero attached hydrogens (tertiary/aromatic N) is 4. The second-order valence-corrected chi connectivity index (χ2v) is 10.7. The molecule has 6 heteroatoms. The molecule has 1 fully saturated rings. The summed E-state index contributed by atoms with van der Waals surface area (Å²) in [5, 5.41) is 4.38. The van der Waals surface area contributed by atoms with E-state index in [4.69, 9.17) is 4.98 Å². The highest BCUT2D eigenvalue weighted by Crippen LogP contribution is 2.34. The average Bonchev–Trinajstić information content (AvgIpc) is 3.18. The van der Waals surface area contributed by atoms with Gasteiger partial charge in [0.25, 0.3) is 0 Å². The van der Waals surface area contributed by atoms with Gasteiger partial charge in [-0.15, -0.1) is 0 Å². The monoisotopic (exact) mass is 445 g/mol. The molecule has 0 saturated carbocycles. The van der Waals surface area contributed by atoms with Crippen LogP contribution in [0.15, 0.2) is 36.7 Å². The minimum atomic E-state index is -0.193. The van der Waals surface area contributed by atoms with Gasteiger partial charge in [-0.05, 0) is 70.4 Å². The van der Waals surface area contributed by atoms with E-state index in [-0.39, 0.29) is 11.6 Å². The smallest absolute Gasteiger partial charge is 0.317 e. The summed E-state index contributed by atoms with van der Waals surface area (Å²) >= 11 is 0. The number of amides is 2. The Morgan fingerprint density at radius 1 is 1.15 bits per heavy atom. The van der Waals surface area contributed by atoms with Crippen LogP contribution in [0.4, 0.5) is 4.79 Å². The van der Waals surface area contributed by atoms with Crippen molar-refractivity contribution in [3.05, 3.63) is 48.0 Å². The molecule has 0 unspecified atom stereocenters. The lowest BCUT2D eigenvalue weighted by atomic mass is 9.92. The van der Waals surface area contributed by atoms with Crippen molar-refractivity contribution in [2.45, 2.75) is 71.4 Å². The number of carbonyl (C=O) groups excluding carboxylic acids is 1. The number of para-hydroxylation sites is 1. The van der Waals surface area contributed by atoms with Gasteiger partial charge in [0, 0.05) is 54.9 Å². The molecule has 4 heterocycles. The molecule has 174 valence electrons. The minimum absolute atomic E-state index is 0.0586. The first-order valence-corrected chi connectivity index (χ1v) is 12.4. The maximum Gasteiger partial charge on any atom is 0.317 e. The number of likely N-dealkylation sites (tertiary alicyclic amines) is 1. The van der Waals surface area contributed by atoms with Crippen LogP contribution in [0.2, 0.25) is 0 Å². The normalized spacial score (nSPS) is 16.9. The summed E-state index contributed by atoms with van der Waals surface area (Å²) in [7, 11) is 0. The van der Waals surface area contributed by atoms with Crippen LogP contribution in [-0.2, 0) is 19.4 Å². The van der Waals surface area contributed by atoms with E-state index in [1.165, 1.54) is 28.5 Å². The molecule has 0 atom stereocenters. The summed E-state index contributed by atoms with van der Waals surface area (Å²) in [6.07, 6.45) is 10.6. The lowest BCUT2D eigenvalue weighted by Gasteiger charge is -2.34. The molecule has 5 rings (SSSR count). The lowest BCUT2D eigenvalue weighted by Crippen LogP contribution is -2.50. The Morgan fingerprint density at radius 2 is 1.97 bits per heavy atom. The topological polar surface area (TPSA) is 63.1 Å². The number of aryl methyl sites for hydroxylation is 3. The van der Waals surface area contributed by atoms with Crippen LogP contribution in [0, 0.1) is 5.92 Å². The van der Waals surface area contributed by atoms with Crippen molar-refractivity contribution in [2.75, 3.05) is 13.1 Å². The van der Waals surface area contributed by atoms with Crippen LogP contribution in [0.25, 0.3) is 22.2 Å². The van der Waals surface area contributed by atoms with Crippen molar-refractivity contribution in [2.24, 2.45) is 5.92 Å². The average molecular weight is 446 g/mol. The van der Waals surface area contributed by atoms with Crippen LogP contribution in [-0.4, -0.2) is 44.1 Å². The third-order valence-electron chi connectivity index (χ3n) is 6.97. The molecule has 0 spiro atoms. The fourth-order valence-corrected chi connectivity index (χ4v) is 5.29. The van der Waals surface area contributed by atoms with Gasteiger partial charge in [-0.3, -0.25) is 0 Å². The molecule has 0 radical (unpaired) electrons. The van der Waals surface area contributed by atoms with Crippen LogP contribution in [0.3, 0.4) is 0 Å². The van der Waals surface area contributed by atoms with Crippen molar-refractivity contribution in [1.29, 1.82) is 0 Å². The molecule has 2 aliphatic heterocycles. The van der Waals surface area contributed by atoms with E-state index in [0.717, 1.165) is 63.3 Å². The van der Waals surface area contributed by atoms with E-state index in [9.17, 15) is 4.79 Å². The summed E-state index contributed by atoms with van der Waals surface area (Å²) < 4.78 is 2.40. The quantitative estimate of drug-likeness (QED) is 0.601. The van der Waals surface area contributed by atoms with Crippen molar-refractivity contribution < 1.29 is 4.79 Å². The molecule has 0 bridgehead atoms. The molecule has 2 aromatic heterocycles. The number of nitrogens with one attached hydrogen (secondary N) is 1. The molecular formula is C27H35N5O. The molecule has 1 aromatic carbocycles. The number of hydrogen-bond acceptors (Lipinski definition) is 3. The zero-order chi connectivity index (χ0) is 23.0. The van der Waals surface area contributed by atoms with Crippen LogP contribution in [0.1, 0.15) is 57.8 Å². The number of aromatic nitrogens is 3. The van der Waals surface area contributed by atoms with E-state index in [1.807, 2.05) is 37.9 Å². The van der Waals surface area contributed by atoms with Gasteiger partial charge in [-0.25, -0.2) is 14.8 Å². The van der Waals surface area contributed by atoms with Crippen LogP contribution in [0.5, 0.6) is 0 Å². The highest BCUT2D eigenvalue weighted by molar-refractivity contribution is 5.97. The number of rotatable bonds is 4. The number of carbonyl (C=O) groups is 1. The molecule has 2 aliphatic rings. The summed E-state index contributed by atoms with van der Waals surface area (Å²) in [5.41, 5.74) is 4.87. The summed E-state index contributed by atoms with van der Waals surface area (Å²) in [5.74, 6) is 1.54. The van der Waals surface area contributed by atoms with Crippen molar-refractivity contribution in [3.8, 4) is 11.3 Å². The van der Waals surface area contributed by atoms with E-state index in [2.05, 4.69) is 39.3 Å². The predicted octanol–water partition coefficient (Wildman–Crippen LogP) is 5.20. The maximum atomic E-state index is 12.4. The molecular weight excluding hydrogens is 410 g/mol. The Bertz CT molecular complexity index is 1150. The van der Waals surface area contributed by atoms with Gasteiger partial charge >= 0.3 is 6.03 Å². The van der Waals surface area contributed by atoms with Gasteiger partial charge in [-0.2, -0.15) is 0 Å². The molecule has 2 amide bonds. The molecule has 1 saturated heterocycles.